The third-order valence-electron chi connectivity index (χ3n) is 5.72. The molecule has 2 aromatic rings. The Hall–Kier alpha value is -4.19. The maximum Gasteiger partial charge on any atom is 0.267 e. The lowest BCUT2D eigenvalue weighted by Crippen LogP contribution is -2.50. The molecule has 6 N–H and O–H groups in total. The van der Waals surface area contributed by atoms with Gasteiger partial charge in [0.25, 0.3) is 11.8 Å². The van der Waals surface area contributed by atoms with Crippen LogP contribution in [0.5, 0.6) is 0 Å². The summed E-state index contributed by atoms with van der Waals surface area (Å²) in [5, 5.41) is 14.0. The Labute approximate surface area is 223 Å². The largest absolute Gasteiger partial charge is 0.339 e. The molecule has 0 aliphatic carbocycles. The minimum atomic E-state index is -1.04. The zero-order valence-electron chi connectivity index (χ0n) is 20.6. The van der Waals surface area contributed by atoms with E-state index in [0.717, 1.165) is 37.4 Å². The van der Waals surface area contributed by atoms with Crippen molar-refractivity contribution in [2.45, 2.75) is 13.5 Å². The van der Waals surface area contributed by atoms with Crippen LogP contribution in [0.15, 0.2) is 48.5 Å². The number of benzene rings is 2. The molecule has 0 bridgehead atoms. The Balaban J connectivity index is 0.00000507. The molecule has 0 aromatic heterocycles. The smallest absolute Gasteiger partial charge is 0.267 e. The third-order valence-corrected chi connectivity index (χ3v) is 5.72. The topological polar surface area (TPSA) is 140 Å². The maximum atomic E-state index is 12.3. The highest BCUT2D eigenvalue weighted by molar-refractivity contribution is 5.97. The molecule has 0 saturated carbocycles. The highest BCUT2D eigenvalue weighted by Gasteiger charge is 2.19. The summed E-state index contributed by atoms with van der Waals surface area (Å²) < 4.78 is 0. The molecular weight excluding hydrogens is 484 g/mol. The minimum absolute atomic E-state index is 0. The number of likely N-dealkylation sites (N-methyl/N-ethyl adjacent to an activating group) is 1. The third kappa shape index (κ3) is 9.36. The summed E-state index contributed by atoms with van der Waals surface area (Å²) in [4.78, 5) is 40.4. The van der Waals surface area contributed by atoms with Crippen LogP contribution in [0.2, 0.25) is 0 Å². The molecule has 200 valence electrons. The molecule has 3 amide bonds. The van der Waals surface area contributed by atoms with Crippen molar-refractivity contribution < 1.29 is 19.6 Å². The average molecular weight is 519 g/mol. The molecule has 0 radical (unpaired) electrons. The number of hydrogen-bond acceptors (Lipinski definition) is 7. The number of hydroxylamine groups is 1. The van der Waals surface area contributed by atoms with E-state index < -0.39 is 17.9 Å². The van der Waals surface area contributed by atoms with Crippen molar-refractivity contribution in [1.29, 1.82) is 0 Å². The van der Waals surface area contributed by atoms with Crippen LogP contribution in [0.25, 0.3) is 0 Å². The summed E-state index contributed by atoms with van der Waals surface area (Å²) in [5.41, 5.74) is 9.35. The number of nitrogens with one attached hydrogen (secondary N) is 3. The summed E-state index contributed by atoms with van der Waals surface area (Å²) in [6.45, 7) is 3.93. The monoisotopic (exact) mass is 518 g/mol. The fourth-order valence-electron chi connectivity index (χ4n) is 3.51. The summed E-state index contributed by atoms with van der Waals surface area (Å²) in [5.74, 6) is 10.1. The predicted molar refractivity (Wildman–Crippen MR) is 146 cm³/mol. The quantitative estimate of drug-likeness (QED) is 0.204. The lowest BCUT2D eigenvalue weighted by Gasteiger charge is -2.31. The van der Waals surface area contributed by atoms with Gasteiger partial charge in [-0.2, -0.15) is 0 Å². The van der Waals surface area contributed by atoms with Crippen LogP contribution >= 0.6 is 0 Å². The van der Waals surface area contributed by atoms with Gasteiger partial charge in [-0.05, 0) is 67.4 Å². The lowest BCUT2D eigenvalue weighted by molar-refractivity contribution is -0.130. The van der Waals surface area contributed by atoms with E-state index in [2.05, 4.69) is 51.2 Å². The molecule has 1 fully saturated rings. The normalized spacial score (nSPS) is 13.9. The zero-order chi connectivity index (χ0) is 26.6. The van der Waals surface area contributed by atoms with Gasteiger partial charge in [-0.25, -0.2) is 5.48 Å². The lowest BCUT2D eigenvalue weighted by atomic mass is 10.1. The molecule has 1 saturated heterocycles. The van der Waals surface area contributed by atoms with Crippen molar-refractivity contribution in [1.82, 2.24) is 20.6 Å². The Morgan fingerprint density at radius 1 is 0.947 bits per heavy atom. The molecule has 1 heterocycles. The number of carbonyl (C=O) groups excluding carboxylic acids is 3. The Morgan fingerprint density at radius 2 is 1.50 bits per heavy atom. The first kappa shape index (κ1) is 30.0. The van der Waals surface area contributed by atoms with Gasteiger partial charge in [-0.15, -0.1) is 0 Å². The van der Waals surface area contributed by atoms with Gasteiger partial charge < -0.3 is 21.3 Å². The number of nitrogens with zero attached hydrogens (tertiary/aromatic N) is 2. The fraction of sp³-hybridized carbons (Fsp3) is 0.321. The standard InChI is InChI=1S/C27H30N6O4.CH4/c1-32-14-16-33(17-15-32)19-25(34)29-23-12-8-21(9-13-23)5-3-2-4-20-6-10-22(11-7-20)26(35)30-24(18-28)27(36)31-37;/h6-13,24,37H,14-19,28H2,1H3,(H,29,34)(H,30,35)(H,31,36);1H4/t24-;/m0./s1. The first-order valence-corrected chi connectivity index (χ1v) is 11.8. The number of anilines is 1. The maximum absolute atomic E-state index is 12.3. The molecule has 0 unspecified atom stereocenters. The van der Waals surface area contributed by atoms with Gasteiger partial charge in [0.1, 0.15) is 6.04 Å². The molecule has 1 aliphatic rings. The van der Waals surface area contributed by atoms with Gasteiger partial charge in [0.2, 0.25) is 5.91 Å². The van der Waals surface area contributed by atoms with E-state index in [4.69, 9.17) is 10.9 Å². The SMILES string of the molecule is C.CN1CCN(CC(=O)Nc2ccc(C#CC#Cc3ccc(C(=O)N[C@@H](CN)C(=O)NO)cc3)cc2)CC1. The number of piperazine rings is 1. The Bertz CT molecular complexity index is 1210. The van der Waals surface area contributed by atoms with Gasteiger partial charge in [-0.1, -0.05) is 19.3 Å². The highest BCUT2D eigenvalue weighted by atomic mass is 16.5. The van der Waals surface area contributed by atoms with Gasteiger partial charge in [0, 0.05) is 55.1 Å². The van der Waals surface area contributed by atoms with Crippen LogP contribution in [0, 0.1) is 23.7 Å². The predicted octanol–water partition coefficient (Wildman–Crippen LogP) is 0.474. The molecule has 10 nitrogen and oxygen atoms in total. The molecule has 1 atom stereocenters. The summed E-state index contributed by atoms with van der Waals surface area (Å²) in [7, 11) is 2.08. The summed E-state index contributed by atoms with van der Waals surface area (Å²) in [6, 6.07) is 12.7. The van der Waals surface area contributed by atoms with Crippen LogP contribution in [0.1, 0.15) is 28.9 Å². The van der Waals surface area contributed by atoms with E-state index >= 15 is 0 Å². The van der Waals surface area contributed by atoms with E-state index in [9.17, 15) is 14.4 Å². The second kappa shape index (κ2) is 15.2. The van der Waals surface area contributed by atoms with Gasteiger partial charge in [0.05, 0.1) is 6.54 Å². The van der Waals surface area contributed by atoms with Crippen molar-refractivity contribution in [3.05, 3.63) is 65.2 Å². The van der Waals surface area contributed by atoms with E-state index in [1.165, 1.54) is 5.48 Å². The second-order valence-corrected chi connectivity index (χ2v) is 8.52. The summed E-state index contributed by atoms with van der Waals surface area (Å²) >= 11 is 0. The van der Waals surface area contributed by atoms with E-state index in [1.54, 1.807) is 24.3 Å². The van der Waals surface area contributed by atoms with Crippen LogP contribution in [0.3, 0.4) is 0 Å². The number of nitrogens with two attached hydrogens (primary N) is 1. The average Bonchev–Trinajstić information content (AvgIpc) is 2.91. The van der Waals surface area contributed by atoms with Gasteiger partial charge in [-0.3, -0.25) is 24.5 Å². The van der Waals surface area contributed by atoms with Crippen LogP contribution < -0.4 is 21.8 Å². The zero-order valence-corrected chi connectivity index (χ0v) is 20.6. The van der Waals surface area contributed by atoms with Crippen molar-refractivity contribution in [2.24, 2.45) is 5.73 Å². The Kier molecular flexibility index (Phi) is 12.0. The van der Waals surface area contributed by atoms with Crippen molar-refractivity contribution in [3.8, 4) is 23.7 Å². The molecule has 3 rings (SSSR count). The number of amides is 3. The van der Waals surface area contributed by atoms with E-state index in [0.29, 0.717) is 17.7 Å². The minimum Gasteiger partial charge on any atom is -0.339 e. The second-order valence-electron chi connectivity index (χ2n) is 8.52. The molecule has 38 heavy (non-hydrogen) atoms. The van der Waals surface area contributed by atoms with Gasteiger partial charge in [0.15, 0.2) is 0 Å². The van der Waals surface area contributed by atoms with Crippen molar-refractivity contribution >= 4 is 23.4 Å². The number of carbonyl (C=O) groups is 3. The number of hydrogen-bond donors (Lipinski definition) is 5. The van der Waals surface area contributed by atoms with Crippen LogP contribution in [-0.2, 0) is 9.59 Å². The highest BCUT2D eigenvalue weighted by Crippen LogP contribution is 2.09. The van der Waals surface area contributed by atoms with Crippen molar-refractivity contribution in [3.63, 3.8) is 0 Å². The molecule has 0 spiro atoms. The molecule has 10 heteroatoms. The first-order valence-electron chi connectivity index (χ1n) is 11.8. The van der Waals surface area contributed by atoms with Crippen molar-refractivity contribution in [2.75, 3.05) is 51.6 Å². The number of rotatable bonds is 7. The fourth-order valence-corrected chi connectivity index (χ4v) is 3.51. The van der Waals surface area contributed by atoms with Crippen LogP contribution in [-0.4, -0.2) is 85.1 Å². The van der Waals surface area contributed by atoms with Crippen LogP contribution in [0.4, 0.5) is 5.69 Å². The van der Waals surface area contributed by atoms with E-state index in [1.807, 2.05) is 24.3 Å². The molecular formula is C28H34N6O4. The Morgan fingerprint density at radius 3 is 2.03 bits per heavy atom. The van der Waals surface area contributed by atoms with E-state index in [-0.39, 0.29) is 19.9 Å². The molecule has 1 aliphatic heterocycles. The summed E-state index contributed by atoms with van der Waals surface area (Å²) in [6.07, 6.45) is 0. The van der Waals surface area contributed by atoms with Gasteiger partial charge >= 0.3 is 0 Å². The first-order chi connectivity index (χ1) is 17.9. The molecule has 2 aromatic carbocycles.